The Kier molecular flexibility index (Phi) is 16.9. The second kappa shape index (κ2) is 15.3. The zero-order valence-electron chi connectivity index (χ0n) is 15.9. The molecular weight excluding hydrogens is 399 g/mol. The molecular formula is C18H35KO7S. The summed E-state index contributed by atoms with van der Waals surface area (Å²) in [5.41, 5.74) is 0. The van der Waals surface area contributed by atoms with E-state index in [-0.39, 0.29) is 64.2 Å². The number of carbonyl (C=O) groups is 2. The molecule has 0 aliphatic carbocycles. The third-order valence-electron chi connectivity index (χ3n) is 4.93. The van der Waals surface area contributed by atoms with Crippen LogP contribution in [-0.2, 0) is 19.7 Å². The van der Waals surface area contributed by atoms with Gasteiger partial charge in [-0.1, -0.05) is 78.1 Å². The Hall–Kier alpha value is 0.486. The fourth-order valence-electron chi connectivity index (χ4n) is 3.35. The molecule has 0 spiro atoms. The van der Waals surface area contributed by atoms with E-state index in [1.807, 2.05) is 13.8 Å². The molecule has 0 aliphatic rings. The van der Waals surface area contributed by atoms with Gasteiger partial charge in [-0.15, -0.1) is 0 Å². The van der Waals surface area contributed by atoms with E-state index in [2.05, 4.69) is 0 Å². The fraction of sp³-hybridized carbons (Fsp3) is 0.889. The monoisotopic (exact) mass is 434 g/mol. The molecule has 27 heavy (non-hydrogen) atoms. The summed E-state index contributed by atoms with van der Waals surface area (Å²) in [6.07, 6.45) is 7.07. The molecule has 3 N–H and O–H groups in total. The molecule has 0 bridgehead atoms. The molecule has 0 aromatic carbocycles. The van der Waals surface area contributed by atoms with Gasteiger partial charge in [-0.05, 0) is 12.8 Å². The summed E-state index contributed by atoms with van der Waals surface area (Å²) in [5, 5.41) is 19.1. The van der Waals surface area contributed by atoms with Gasteiger partial charge in [-0.25, -0.2) is 0 Å². The summed E-state index contributed by atoms with van der Waals surface area (Å²) in [6.45, 7) is 4.05. The Morgan fingerprint density at radius 2 is 1.30 bits per heavy atom. The van der Waals surface area contributed by atoms with E-state index < -0.39 is 39.1 Å². The van der Waals surface area contributed by atoms with Crippen molar-refractivity contribution in [3.63, 3.8) is 0 Å². The van der Waals surface area contributed by atoms with Crippen LogP contribution in [0.5, 0.6) is 0 Å². The average molecular weight is 435 g/mol. The number of hydrogen-bond donors (Lipinski definition) is 3. The Morgan fingerprint density at radius 3 is 1.67 bits per heavy atom. The number of carboxylic acid groups (broad SMARTS) is 2. The van der Waals surface area contributed by atoms with Crippen molar-refractivity contribution in [3.05, 3.63) is 0 Å². The van der Waals surface area contributed by atoms with Gasteiger partial charge in [-0.2, -0.15) is 8.42 Å². The molecule has 0 aliphatic heterocycles. The van der Waals surface area contributed by atoms with Crippen molar-refractivity contribution in [2.24, 2.45) is 5.92 Å². The van der Waals surface area contributed by atoms with Gasteiger partial charge in [0.1, 0.15) is 0 Å². The van der Waals surface area contributed by atoms with Crippen LogP contribution >= 0.6 is 0 Å². The Labute approximate surface area is 205 Å². The first-order valence-electron chi connectivity index (χ1n) is 9.58. The van der Waals surface area contributed by atoms with Crippen molar-refractivity contribution in [1.29, 1.82) is 0 Å². The first kappa shape index (κ1) is 29.7. The molecule has 0 fully saturated rings. The van der Waals surface area contributed by atoms with Crippen molar-refractivity contribution < 1.29 is 32.8 Å². The van der Waals surface area contributed by atoms with Crippen molar-refractivity contribution >= 4 is 73.4 Å². The molecule has 0 rings (SSSR count). The van der Waals surface area contributed by atoms with Gasteiger partial charge in [0.05, 0.1) is 5.92 Å². The van der Waals surface area contributed by atoms with E-state index >= 15 is 0 Å². The van der Waals surface area contributed by atoms with Crippen molar-refractivity contribution in [1.82, 2.24) is 0 Å². The minimum absolute atomic E-state index is 0. The van der Waals surface area contributed by atoms with Crippen LogP contribution in [-0.4, -0.2) is 91.3 Å². The van der Waals surface area contributed by atoms with Gasteiger partial charge < -0.3 is 10.2 Å². The summed E-state index contributed by atoms with van der Waals surface area (Å²) in [7, 11) is -5.09. The van der Waals surface area contributed by atoms with Gasteiger partial charge in [-0.3, -0.25) is 14.1 Å². The quantitative estimate of drug-likeness (QED) is 0.193. The normalized spacial score (nSPS) is 14.8. The number of carboxylic acids is 2. The predicted molar refractivity (Wildman–Crippen MR) is 107 cm³/mol. The third kappa shape index (κ3) is 9.69. The van der Waals surface area contributed by atoms with Crippen LogP contribution in [0.2, 0.25) is 0 Å². The molecule has 156 valence electrons. The Bertz CT molecular complexity index is 536. The van der Waals surface area contributed by atoms with Crippen LogP contribution in [0.3, 0.4) is 0 Å². The van der Waals surface area contributed by atoms with Crippen LogP contribution in [0, 0.1) is 5.92 Å². The van der Waals surface area contributed by atoms with E-state index in [1.165, 1.54) is 0 Å². The van der Waals surface area contributed by atoms with Crippen LogP contribution in [0.25, 0.3) is 0 Å². The Balaban J connectivity index is 0. The zero-order chi connectivity index (χ0) is 20.2. The van der Waals surface area contributed by atoms with E-state index in [9.17, 15) is 32.8 Å². The minimum atomic E-state index is -5.09. The Morgan fingerprint density at radius 1 is 0.852 bits per heavy atom. The van der Waals surface area contributed by atoms with Gasteiger partial charge in [0.25, 0.3) is 10.1 Å². The van der Waals surface area contributed by atoms with Gasteiger partial charge in [0.15, 0.2) is 0 Å². The summed E-state index contributed by atoms with van der Waals surface area (Å²) in [5.74, 6) is -4.94. The standard InChI is InChI=1S/C18H34O7S.K.H/c1-3-5-7-9-11-13-15(16(19)20)18(17(21)22,26(23,24)25)14-12-10-8-6-4-2;;/h15H,3-14H2,1-2H3,(H,19,20)(H,21,22)(H,23,24,25);;. The van der Waals surface area contributed by atoms with Crippen LogP contribution < -0.4 is 0 Å². The van der Waals surface area contributed by atoms with E-state index in [0.29, 0.717) is 19.3 Å². The van der Waals surface area contributed by atoms with Gasteiger partial charge in [0, 0.05) is 0 Å². The number of hydrogen-bond acceptors (Lipinski definition) is 4. The average Bonchev–Trinajstić information content (AvgIpc) is 2.53. The maximum atomic E-state index is 12.0. The van der Waals surface area contributed by atoms with Crippen molar-refractivity contribution in [2.45, 2.75) is 95.6 Å². The molecule has 7 nitrogen and oxygen atoms in total. The third-order valence-corrected chi connectivity index (χ3v) is 6.52. The zero-order valence-corrected chi connectivity index (χ0v) is 16.8. The second-order valence-electron chi connectivity index (χ2n) is 6.93. The molecule has 0 radical (unpaired) electrons. The van der Waals surface area contributed by atoms with Crippen molar-refractivity contribution in [2.75, 3.05) is 0 Å². The summed E-state index contributed by atoms with van der Waals surface area (Å²) >= 11 is 0. The summed E-state index contributed by atoms with van der Waals surface area (Å²) < 4.78 is 31.0. The van der Waals surface area contributed by atoms with Crippen LogP contribution in [0.15, 0.2) is 0 Å². The second-order valence-corrected chi connectivity index (χ2v) is 8.61. The number of unbranched alkanes of at least 4 members (excludes halogenated alkanes) is 8. The predicted octanol–water partition coefficient (Wildman–Crippen LogP) is 3.47. The molecule has 0 saturated carbocycles. The molecule has 0 aromatic heterocycles. The van der Waals surface area contributed by atoms with Crippen LogP contribution in [0.1, 0.15) is 90.9 Å². The summed E-state index contributed by atoms with van der Waals surface area (Å²) in [4.78, 5) is 23.6. The maximum absolute atomic E-state index is 12.0. The number of rotatable bonds is 16. The molecule has 0 amide bonds. The van der Waals surface area contributed by atoms with E-state index in [4.69, 9.17) is 0 Å². The fourth-order valence-corrected chi connectivity index (χ4v) is 4.55. The molecule has 2 unspecified atom stereocenters. The molecule has 0 saturated heterocycles. The topological polar surface area (TPSA) is 129 Å². The van der Waals surface area contributed by atoms with E-state index in [1.54, 1.807) is 0 Å². The van der Waals surface area contributed by atoms with Crippen LogP contribution in [0.4, 0.5) is 0 Å². The SMILES string of the molecule is CCCCCCCC(C(=O)O)C(CCCCCCC)(C(=O)O)S(=O)(=O)O.[KH]. The van der Waals surface area contributed by atoms with Gasteiger partial charge >= 0.3 is 63.3 Å². The molecule has 9 heteroatoms. The molecule has 0 aromatic rings. The van der Waals surface area contributed by atoms with E-state index in [0.717, 1.165) is 38.5 Å². The van der Waals surface area contributed by atoms with Gasteiger partial charge in [0.2, 0.25) is 4.75 Å². The first-order valence-corrected chi connectivity index (χ1v) is 11.0. The molecule has 2 atom stereocenters. The summed E-state index contributed by atoms with van der Waals surface area (Å²) in [6, 6.07) is 0. The van der Waals surface area contributed by atoms with Crippen molar-refractivity contribution in [3.8, 4) is 0 Å². The first-order chi connectivity index (χ1) is 12.1. The number of aliphatic carboxylic acids is 2. The molecule has 0 heterocycles.